The second kappa shape index (κ2) is 8.85. The standard InChI is InChI=1S/C22H22N2O3/c1-26-19-11-10-16(13-20(19)27-2)14-21(25)24-22(17-7-4-3-5-8-17)18-9-6-12-23-15-18/h3-13,15,22H,14H2,1-2H3,(H,24,25)/t22-/m0/s1. The fourth-order valence-corrected chi connectivity index (χ4v) is 2.94. The van der Waals surface area contributed by atoms with E-state index < -0.39 is 0 Å². The summed E-state index contributed by atoms with van der Waals surface area (Å²) in [4.78, 5) is 16.9. The molecular weight excluding hydrogens is 340 g/mol. The number of nitrogens with one attached hydrogen (secondary N) is 1. The molecule has 0 fully saturated rings. The van der Waals surface area contributed by atoms with Crippen molar-refractivity contribution < 1.29 is 14.3 Å². The zero-order valence-electron chi connectivity index (χ0n) is 15.4. The van der Waals surface area contributed by atoms with Crippen molar-refractivity contribution in [2.24, 2.45) is 0 Å². The Morgan fingerprint density at radius 1 is 0.963 bits per heavy atom. The second-order valence-corrected chi connectivity index (χ2v) is 6.06. The van der Waals surface area contributed by atoms with Crippen LogP contribution in [0.4, 0.5) is 0 Å². The predicted octanol–water partition coefficient (Wildman–Crippen LogP) is 3.55. The molecule has 0 saturated carbocycles. The van der Waals surface area contributed by atoms with E-state index in [1.165, 1.54) is 0 Å². The van der Waals surface area contributed by atoms with Gasteiger partial charge in [0.05, 0.1) is 26.7 Å². The molecule has 0 radical (unpaired) electrons. The molecule has 0 unspecified atom stereocenters. The van der Waals surface area contributed by atoms with E-state index in [0.29, 0.717) is 11.5 Å². The van der Waals surface area contributed by atoms with Crippen LogP contribution in [0.3, 0.4) is 0 Å². The third-order valence-electron chi connectivity index (χ3n) is 4.27. The van der Waals surface area contributed by atoms with E-state index in [1.807, 2.05) is 54.6 Å². The van der Waals surface area contributed by atoms with Crippen molar-refractivity contribution in [1.82, 2.24) is 10.3 Å². The highest BCUT2D eigenvalue weighted by Crippen LogP contribution is 2.28. The first kappa shape index (κ1) is 18.5. The van der Waals surface area contributed by atoms with Crippen molar-refractivity contribution in [2.75, 3.05) is 14.2 Å². The van der Waals surface area contributed by atoms with E-state index in [2.05, 4.69) is 10.3 Å². The lowest BCUT2D eigenvalue weighted by Gasteiger charge is -2.20. The van der Waals surface area contributed by atoms with Crippen LogP contribution in [0, 0.1) is 0 Å². The van der Waals surface area contributed by atoms with E-state index >= 15 is 0 Å². The molecule has 0 aliphatic heterocycles. The van der Waals surface area contributed by atoms with Crippen LogP contribution in [-0.4, -0.2) is 25.1 Å². The van der Waals surface area contributed by atoms with Crippen molar-refractivity contribution in [3.63, 3.8) is 0 Å². The van der Waals surface area contributed by atoms with Crippen LogP contribution in [-0.2, 0) is 11.2 Å². The van der Waals surface area contributed by atoms with E-state index in [9.17, 15) is 4.79 Å². The Hall–Kier alpha value is -3.34. The van der Waals surface area contributed by atoms with Gasteiger partial charge in [0.2, 0.25) is 5.91 Å². The van der Waals surface area contributed by atoms with Gasteiger partial charge in [0.15, 0.2) is 11.5 Å². The van der Waals surface area contributed by atoms with E-state index in [-0.39, 0.29) is 18.4 Å². The third-order valence-corrected chi connectivity index (χ3v) is 4.27. The number of ether oxygens (including phenoxy) is 2. The lowest BCUT2D eigenvalue weighted by atomic mass is 9.99. The van der Waals surface area contributed by atoms with E-state index in [1.54, 1.807) is 32.7 Å². The van der Waals surface area contributed by atoms with Gasteiger partial charge >= 0.3 is 0 Å². The molecular formula is C22H22N2O3. The Bertz CT molecular complexity index is 843. The molecule has 1 aromatic heterocycles. The summed E-state index contributed by atoms with van der Waals surface area (Å²) >= 11 is 0. The van der Waals surface area contributed by atoms with Crippen molar-refractivity contribution in [3.8, 4) is 11.5 Å². The zero-order valence-corrected chi connectivity index (χ0v) is 15.4. The molecule has 2 aromatic carbocycles. The molecule has 0 bridgehead atoms. The number of carbonyl (C=O) groups is 1. The van der Waals surface area contributed by atoms with Crippen molar-refractivity contribution in [1.29, 1.82) is 0 Å². The highest BCUT2D eigenvalue weighted by molar-refractivity contribution is 5.79. The van der Waals surface area contributed by atoms with Gasteiger partial charge in [-0.2, -0.15) is 0 Å². The first-order valence-electron chi connectivity index (χ1n) is 8.66. The summed E-state index contributed by atoms with van der Waals surface area (Å²) in [6.45, 7) is 0. The third kappa shape index (κ3) is 4.64. The molecule has 1 heterocycles. The maximum atomic E-state index is 12.7. The van der Waals surface area contributed by atoms with Crippen LogP contribution >= 0.6 is 0 Å². The summed E-state index contributed by atoms with van der Waals surface area (Å²) in [6.07, 6.45) is 3.73. The largest absolute Gasteiger partial charge is 0.493 e. The molecule has 0 spiro atoms. The van der Waals surface area contributed by atoms with Crippen LogP contribution < -0.4 is 14.8 Å². The summed E-state index contributed by atoms with van der Waals surface area (Å²) in [5.74, 6) is 1.16. The number of carbonyl (C=O) groups excluding carboxylic acids is 1. The summed E-state index contributed by atoms with van der Waals surface area (Å²) in [6, 6.07) is 18.9. The highest BCUT2D eigenvalue weighted by Gasteiger charge is 2.17. The van der Waals surface area contributed by atoms with Gasteiger partial charge in [-0.1, -0.05) is 42.5 Å². The summed E-state index contributed by atoms with van der Waals surface area (Å²) in [5.41, 5.74) is 2.79. The minimum absolute atomic E-state index is 0.0834. The Labute approximate surface area is 159 Å². The van der Waals surface area contributed by atoms with Gasteiger partial charge in [-0.05, 0) is 34.9 Å². The number of amides is 1. The number of hydrogen-bond donors (Lipinski definition) is 1. The van der Waals surface area contributed by atoms with Gasteiger partial charge in [-0.15, -0.1) is 0 Å². The second-order valence-electron chi connectivity index (χ2n) is 6.06. The number of nitrogens with zero attached hydrogens (tertiary/aromatic N) is 1. The number of benzene rings is 2. The Morgan fingerprint density at radius 3 is 2.37 bits per heavy atom. The van der Waals surface area contributed by atoms with E-state index in [0.717, 1.165) is 16.7 Å². The van der Waals surface area contributed by atoms with E-state index in [4.69, 9.17) is 9.47 Å². The SMILES string of the molecule is COc1ccc(CC(=O)N[C@@H](c2ccccc2)c2cccnc2)cc1OC. The highest BCUT2D eigenvalue weighted by atomic mass is 16.5. The number of rotatable bonds is 7. The maximum absolute atomic E-state index is 12.7. The average molecular weight is 362 g/mol. The molecule has 5 heteroatoms. The first-order valence-corrected chi connectivity index (χ1v) is 8.66. The van der Waals surface area contributed by atoms with Crippen LogP contribution in [0.1, 0.15) is 22.7 Å². The predicted molar refractivity (Wildman–Crippen MR) is 104 cm³/mol. The molecule has 1 atom stereocenters. The van der Waals surface area contributed by atoms with Gasteiger partial charge in [0, 0.05) is 12.4 Å². The smallest absolute Gasteiger partial charge is 0.225 e. The summed E-state index contributed by atoms with van der Waals surface area (Å²) in [7, 11) is 3.16. The Kier molecular flexibility index (Phi) is 6.05. The molecule has 1 N–H and O–H groups in total. The first-order chi connectivity index (χ1) is 13.2. The number of hydrogen-bond acceptors (Lipinski definition) is 4. The molecule has 5 nitrogen and oxygen atoms in total. The summed E-state index contributed by atoms with van der Waals surface area (Å²) < 4.78 is 10.6. The van der Waals surface area contributed by atoms with Gasteiger partial charge in [0.25, 0.3) is 0 Å². The lowest BCUT2D eigenvalue weighted by molar-refractivity contribution is -0.120. The van der Waals surface area contributed by atoms with Gasteiger partial charge < -0.3 is 14.8 Å². The normalized spacial score (nSPS) is 11.5. The lowest BCUT2D eigenvalue weighted by Crippen LogP contribution is -2.30. The average Bonchev–Trinajstić information content (AvgIpc) is 2.73. The molecule has 1 amide bonds. The Morgan fingerprint density at radius 2 is 1.70 bits per heavy atom. The topological polar surface area (TPSA) is 60.5 Å². The number of aromatic nitrogens is 1. The van der Waals surface area contributed by atoms with Crippen LogP contribution in [0.2, 0.25) is 0 Å². The van der Waals surface area contributed by atoms with Gasteiger partial charge in [0.1, 0.15) is 0 Å². The minimum atomic E-state index is -0.257. The molecule has 0 aliphatic rings. The number of methoxy groups -OCH3 is 2. The molecule has 0 saturated heterocycles. The fraction of sp³-hybridized carbons (Fsp3) is 0.182. The minimum Gasteiger partial charge on any atom is -0.493 e. The molecule has 27 heavy (non-hydrogen) atoms. The Balaban J connectivity index is 1.79. The van der Waals surface area contributed by atoms with Gasteiger partial charge in [-0.25, -0.2) is 0 Å². The molecule has 3 aromatic rings. The number of pyridine rings is 1. The fourth-order valence-electron chi connectivity index (χ4n) is 2.94. The zero-order chi connectivity index (χ0) is 19.1. The monoisotopic (exact) mass is 362 g/mol. The molecule has 138 valence electrons. The van der Waals surface area contributed by atoms with Crippen LogP contribution in [0.15, 0.2) is 73.1 Å². The maximum Gasteiger partial charge on any atom is 0.225 e. The van der Waals surface area contributed by atoms with Crippen LogP contribution in [0.5, 0.6) is 11.5 Å². The van der Waals surface area contributed by atoms with Crippen molar-refractivity contribution >= 4 is 5.91 Å². The van der Waals surface area contributed by atoms with Crippen molar-refractivity contribution in [3.05, 3.63) is 89.7 Å². The molecule has 0 aliphatic carbocycles. The summed E-state index contributed by atoms with van der Waals surface area (Å²) in [5, 5.41) is 3.11. The molecule has 3 rings (SSSR count). The van der Waals surface area contributed by atoms with Gasteiger partial charge in [-0.3, -0.25) is 9.78 Å². The van der Waals surface area contributed by atoms with Crippen molar-refractivity contribution in [2.45, 2.75) is 12.5 Å². The van der Waals surface area contributed by atoms with Crippen LogP contribution in [0.25, 0.3) is 0 Å². The quantitative estimate of drug-likeness (QED) is 0.698.